The minimum absolute atomic E-state index is 0.0113. The minimum atomic E-state index is -1.27. The summed E-state index contributed by atoms with van der Waals surface area (Å²) in [6.07, 6.45) is 3.60. The Hall–Kier alpha value is -2.31. The lowest BCUT2D eigenvalue weighted by Crippen LogP contribution is -2.51. The fourth-order valence-electron chi connectivity index (χ4n) is 2.55. The first-order chi connectivity index (χ1) is 10.2. The number of pyridine rings is 1. The number of hydrogen-bond acceptors (Lipinski definition) is 6. The molecule has 0 aliphatic heterocycles. The largest absolute Gasteiger partial charge is 0.444 e. The van der Waals surface area contributed by atoms with Crippen molar-refractivity contribution < 1.29 is 14.3 Å². The molecule has 1 fully saturated rings. The normalized spacial score (nSPS) is 19.4. The first-order valence-electron chi connectivity index (χ1n) is 7.19. The van der Waals surface area contributed by atoms with Crippen molar-refractivity contribution in [3.8, 4) is 0 Å². The highest BCUT2D eigenvalue weighted by molar-refractivity contribution is 5.93. The van der Waals surface area contributed by atoms with Gasteiger partial charge in [-0.2, -0.15) is 0 Å². The molecule has 0 unspecified atom stereocenters. The molecule has 120 valence electrons. The predicted molar refractivity (Wildman–Crippen MR) is 82.7 cm³/mol. The van der Waals surface area contributed by atoms with E-state index in [-0.39, 0.29) is 22.5 Å². The van der Waals surface area contributed by atoms with Crippen molar-refractivity contribution in [3.63, 3.8) is 0 Å². The van der Waals surface area contributed by atoms with E-state index in [0.29, 0.717) is 12.8 Å². The number of nitrogen functional groups attached to an aromatic ring is 2. The van der Waals surface area contributed by atoms with E-state index in [2.05, 4.69) is 18.8 Å². The van der Waals surface area contributed by atoms with E-state index < -0.39 is 17.5 Å². The molecule has 0 spiro atoms. The molecule has 7 nitrogen and oxygen atoms in total. The zero-order valence-electron chi connectivity index (χ0n) is 12.9. The number of anilines is 2. The van der Waals surface area contributed by atoms with E-state index >= 15 is 0 Å². The van der Waals surface area contributed by atoms with Gasteiger partial charge in [0.15, 0.2) is 11.3 Å². The molecule has 0 aromatic carbocycles. The molecule has 1 saturated carbocycles. The molecule has 1 amide bonds. The van der Waals surface area contributed by atoms with Gasteiger partial charge in [-0.05, 0) is 37.2 Å². The second-order valence-electron chi connectivity index (χ2n) is 6.61. The van der Waals surface area contributed by atoms with Gasteiger partial charge in [0.1, 0.15) is 0 Å². The smallest absolute Gasteiger partial charge is 0.358 e. The molecule has 0 atom stereocenters. The molecule has 0 saturated heterocycles. The number of ether oxygens (including phenoxy) is 1. The highest BCUT2D eigenvalue weighted by Gasteiger charge is 2.46. The Bertz CT molecular complexity index is 603. The van der Waals surface area contributed by atoms with Gasteiger partial charge < -0.3 is 21.9 Å². The topological polar surface area (TPSA) is 134 Å². The summed E-state index contributed by atoms with van der Waals surface area (Å²) in [4.78, 5) is 28.0. The molecule has 1 aliphatic rings. The zero-order valence-corrected chi connectivity index (χ0v) is 12.9. The Morgan fingerprint density at radius 2 is 1.73 bits per heavy atom. The Morgan fingerprint density at radius 1 is 1.14 bits per heavy atom. The molecule has 0 bridgehead atoms. The van der Waals surface area contributed by atoms with Gasteiger partial charge in [-0.15, -0.1) is 0 Å². The average molecular weight is 306 g/mol. The molecule has 1 aromatic rings. The molecule has 0 radical (unpaired) electrons. The Balaban J connectivity index is 2.20. The van der Waals surface area contributed by atoms with Crippen LogP contribution in [0.2, 0.25) is 0 Å². The maximum atomic E-state index is 12.3. The van der Waals surface area contributed by atoms with Gasteiger partial charge in [-0.25, -0.2) is 9.78 Å². The predicted octanol–water partition coefficient (Wildman–Crippen LogP) is 1.23. The lowest BCUT2D eigenvalue weighted by Gasteiger charge is -2.40. The molecule has 22 heavy (non-hydrogen) atoms. The van der Waals surface area contributed by atoms with Gasteiger partial charge in [0, 0.05) is 0 Å². The summed E-state index contributed by atoms with van der Waals surface area (Å²) in [7, 11) is 0. The van der Waals surface area contributed by atoms with Crippen molar-refractivity contribution in [1.82, 2.24) is 4.98 Å². The van der Waals surface area contributed by atoms with E-state index in [1.54, 1.807) is 0 Å². The summed E-state index contributed by atoms with van der Waals surface area (Å²) >= 11 is 0. The lowest BCUT2D eigenvalue weighted by atomic mass is 9.70. The zero-order chi connectivity index (χ0) is 16.5. The second kappa shape index (κ2) is 5.47. The molecular formula is C15H22N4O3. The molecule has 2 rings (SSSR count). The van der Waals surface area contributed by atoms with Gasteiger partial charge in [0.25, 0.3) is 5.91 Å². The van der Waals surface area contributed by atoms with Crippen molar-refractivity contribution in [1.29, 1.82) is 0 Å². The van der Waals surface area contributed by atoms with E-state index in [9.17, 15) is 9.59 Å². The van der Waals surface area contributed by atoms with Crippen LogP contribution in [0.1, 0.15) is 50.0 Å². The molecule has 6 N–H and O–H groups in total. The van der Waals surface area contributed by atoms with Crippen LogP contribution in [0.15, 0.2) is 12.3 Å². The number of carbonyl (C=O) groups is 2. The minimum Gasteiger partial charge on any atom is -0.444 e. The van der Waals surface area contributed by atoms with Crippen molar-refractivity contribution in [3.05, 3.63) is 18.0 Å². The Labute approximate surface area is 129 Å². The van der Waals surface area contributed by atoms with Crippen molar-refractivity contribution in [2.75, 3.05) is 11.5 Å². The van der Waals surface area contributed by atoms with Crippen LogP contribution in [0.3, 0.4) is 0 Å². The standard InChI is InChI=1S/C15H22N4O3/c1-14(2)3-5-15(6-4-14,13(18)21)22-12(20)11-7-9(16)10(17)8-19-11/h7-8H,3-6,17H2,1-2H3,(H2,16,19)(H2,18,21). The number of carbonyl (C=O) groups excluding carboxylic acids is 2. The number of aromatic nitrogens is 1. The Morgan fingerprint density at radius 3 is 2.23 bits per heavy atom. The summed E-state index contributed by atoms with van der Waals surface area (Å²) in [5, 5.41) is 0. The maximum Gasteiger partial charge on any atom is 0.358 e. The first-order valence-corrected chi connectivity index (χ1v) is 7.19. The number of nitrogens with zero attached hydrogens (tertiary/aromatic N) is 1. The van der Waals surface area contributed by atoms with E-state index in [0.717, 1.165) is 12.8 Å². The summed E-state index contributed by atoms with van der Waals surface area (Å²) in [6, 6.07) is 1.33. The van der Waals surface area contributed by atoms with Crippen LogP contribution in [-0.2, 0) is 9.53 Å². The first kappa shape index (κ1) is 16.1. The van der Waals surface area contributed by atoms with Crippen LogP contribution in [0, 0.1) is 5.41 Å². The molecule has 7 heteroatoms. The number of hydrogen-bond donors (Lipinski definition) is 3. The molecule has 1 aliphatic carbocycles. The number of nitrogens with two attached hydrogens (primary N) is 3. The van der Waals surface area contributed by atoms with Gasteiger partial charge in [0.05, 0.1) is 17.6 Å². The third-order valence-electron chi connectivity index (χ3n) is 4.33. The van der Waals surface area contributed by atoms with Gasteiger partial charge in [-0.3, -0.25) is 4.79 Å². The highest BCUT2D eigenvalue weighted by atomic mass is 16.6. The van der Waals surface area contributed by atoms with Crippen LogP contribution in [-0.4, -0.2) is 22.5 Å². The summed E-state index contributed by atoms with van der Waals surface area (Å²) in [5.41, 5.74) is 16.1. The summed E-state index contributed by atoms with van der Waals surface area (Å²) in [5.74, 6) is -1.34. The maximum absolute atomic E-state index is 12.3. The molecule has 1 heterocycles. The van der Waals surface area contributed by atoms with Crippen molar-refractivity contribution >= 4 is 23.3 Å². The number of amides is 1. The van der Waals surface area contributed by atoms with Gasteiger partial charge in [0.2, 0.25) is 0 Å². The SMILES string of the molecule is CC1(C)CCC(OC(=O)c2cc(N)c(N)cn2)(C(N)=O)CC1. The van der Waals surface area contributed by atoms with Gasteiger partial charge in [-0.1, -0.05) is 13.8 Å². The van der Waals surface area contributed by atoms with E-state index in [1.165, 1.54) is 12.3 Å². The van der Waals surface area contributed by atoms with Crippen LogP contribution >= 0.6 is 0 Å². The lowest BCUT2D eigenvalue weighted by molar-refractivity contribution is -0.143. The van der Waals surface area contributed by atoms with Crippen LogP contribution < -0.4 is 17.2 Å². The molecule has 1 aromatic heterocycles. The van der Waals surface area contributed by atoms with Crippen molar-refractivity contribution in [2.45, 2.75) is 45.1 Å². The van der Waals surface area contributed by atoms with E-state index in [1.807, 2.05) is 0 Å². The fraction of sp³-hybridized carbons (Fsp3) is 0.533. The summed E-state index contributed by atoms with van der Waals surface area (Å²) < 4.78 is 5.44. The number of esters is 1. The number of rotatable bonds is 3. The van der Waals surface area contributed by atoms with Crippen molar-refractivity contribution in [2.24, 2.45) is 11.1 Å². The van der Waals surface area contributed by atoms with Crippen LogP contribution in [0.4, 0.5) is 11.4 Å². The van der Waals surface area contributed by atoms with Gasteiger partial charge >= 0.3 is 5.97 Å². The second-order valence-corrected chi connectivity index (χ2v) is 6.61. The monoisotopic (exact) mass is 306 g/mol. The Kier molecular flexibility index (Phi) is 4.00. The van der Waals surface area contributed by atoms with Crippen LogP contribution in [0.25, 0.3) is 0 Å². The third-order valence-corrected chi connectivity index (χ3v) is 4.33. The number of primary amides is 1. The molecular weight excluding hydrogens is 284 g/mol. The highest BCUT2D eigenvalue weighted by Crippen LogP contribution is 2.42. The summed E-state index contributed by atoms with van der Waals surface area (Å²) in [6.45, 7) is 4.23. The van der Waals surface area contributed by atoms with E-state index in [4.69, 9.17) is 21.9 Å². The fourth-order valence-corrected chi connectivity index (χ4v) is 2.55. The third kappa shape index (κ3) is 3.13. The average Bonchev–Trinajstić information content (AvgIpc) is 2.44. The van der Waals surface area contributed by atoms with Crippen LogP contribution in [0.5, 0.6) is 0 Å². The quantitative estimate of drug-likeness (QED) is 0.719.